The normalized spacial score (nSPS) is 15.5. The quantitative estimate of drug-likeness (QED) is 0.855. The van der Waals surface area contributed by atoms with Crippen molar-refractivity contribution in [2.45, 2.75) is 32.7 Å². The topological polar surface area (TPSA) is 83.7 Å². The smallest absolute Gasteiger partial charge is 0.224 e. The van der Waals surface area contributed by atoms with Crippen molar-refractivity contribution in [1.29, 1.82) is 0 Å². The summed E-state index contributed by atoms with van der Waals surface area (Å²) < 4.78 is 0. The standard InChI is InChI=1S/C12H18N6/c1-7(2)5-18(8-3-4-8)11-9-10(15-6-14-9)16-12(13)17-11/h6-8H,3-5H2,1-2H3,(H3,13,14,15,16,17). The van der Waals surface area contributed by atoms with E-state index in [-0.39, 0.29) is 0 Å². The van der Waals surface area contributed by atoms with Crippen molar-refractivity contribution in [2.75, 3.05) is 17.2 Å². The van der Waals surface area contributed by atoms with Crippen molar-refractivity contribution in [3.63, 3.8) is 0 Å². The van der Waals surface area contributed by atoms with Crippen LogP contribution in [-0.2, 0) is 0 Å². The fraction of sp³-hybridized carbons (Fsp3) is 0.583. The van der Waals surface area contributed by atoms with Gasteiger partial charge < -0.3 is 15.6 Å². The molecule has 1 aliphatic carbocycles. The molecule has 1 fully saturated rings. The molecule has 0 unspecified atom stereocenters. The molecule has 3 rings (SSSR count). The maximum absolute atomic E-state index is 5.77. The van der Waals surface area contributed by atoms with Crippen LogP contribution in [0, 0.1) is 5.92 Å². The predicted molar refractivity (Wildman–Crippen MR) is 71.3 cm³/mol. The van der Waals surface area contributed by atoms with Crippen LogP contribution in [0.2, 0.25) is 0 Å². The number of nitrogen functional groups attached to an aromatic ring is 1. The molecular weight excluding hydrogens is 228 g/mol. The maximum atomic E-state index is 5.77. The minimum absolute atomic E-state index is 0.291. The summed E-state index contributed by atoms with van der Waals surface area (Å²) in [7, 11) is 0. The van der Waals surface area contributed by atoms with E-state index in [1.54, 1.807) is 6.33 Å². The lowest BCUT2D eigenvalue weighted by atomic mass is 10.2. The van der Waals surface area contributed by atoms with Crippen LogP contribution < -0.4 is 10.6 Å². The first-order chi connectivity index (χ1) is 8.65. The molecule has 2 heterocycles. The highest BCUT2D eigenvalue weighted by atomic mass is 15.3. The van der Waals surface area contributed by atoms with E-state index in [9.17, 15) is 0 Å². The summed E-state index contributed by atoms with van der Waals surface area (Å²) in [6.45, 7) is 5.41. The predicted octanol–water partition coefficient (Wildman–Crippen LogP) is 1.56. The Labute approximate surface area is 106 Å². The Morgan fingerprint density at radius 1 is 1.44 bits per heavy atom. The first kappa shape index (κ1) is 11.3. The molecule has 3 N–H and O–H groups in total. The molecule has 0 atom stereocenters. The molecule has 6 heteroatoms. The van der Waals surface area contributed by atoms with Gasteiger partial charge >= 0.3 is 0 Å². The Hall–Kier alpha value is -1.85. The molecule has 1 aliphatic rings. The van der Waals surface area contributed by atoms with Gasteiger partial charge in [0.25, 0.3) is 0 Å². The van der Waals surface area contributed by atoms with E-state index in [0.29, 0.717) is 23.6 Å². The van der Waals surface area contributed by atoms with Crippen molar-refractivity contribution in [3.05, 3.63) is 6.33 Å². The Bertz CT molecular complexity index is 557. The van der Waals surface area contributed by atoms with Gasteiger partial charge in [0.15, 0.2) is 11.5 Å². The molecule has 0 radical (unpaired) electrons. The van der Waals surface area contributed by atoms with Gasteiger partial charge in [-0.1, -0.05) is 13.8 Å². The van der Waals surface area contributed by atoms with E-state index in [4.69, 9.17) is 5.73 Å². The first-order valence-electron chi connectivity index (χ1n) is 6.38. The lowest BCUT2D eigenvalue weighted by Gasteiger charge is -2.25. The summed E-state index contributed by atoms with van der Waals surface area (Å²) >= 11 is 0. The van der Waals surface area contributed by atoms with Crippen molar-refractivity contribution in [2.24, 2.45) is 5.92 Å². The molecule has 0 amide bonds. The average molecular weight is 246 g/mol. The highest BCUT2D eigenvalue weighted by Gasteiger charge is 2.32. The number of nitrogens with two attached hydrogens (primary N) is 1. The highest BCUT2D eigenvalue weighted by Crippen LogP contribution is 2.34. The fourth-order valence-electron chi connectivity index (χ4n) is 2.23. The number of imidazole rings is 1. The van der Waals surface area contributed by atoms with Crippen molar-refractivity contribution >= 4 is 22.9 Å². The second-order valence-corrected chi connectivity index (χ2v) is 5.28. The lowest BCUT2D eigenvalue weighted by Crippen LogP contribution is -2.31. The van der Waals surface area contributed by atoms with Crippen LogP contribution in [-0.4, -0.2) is 32.5 Å². The van der Waals surface area contributed by atoms with Crippen LogP contribution in [0.5, 0.6) is 0 Å². The molecule has 18 heavy (non-hydrogen) atoms. The summed E-state index contributed by atoms with van der Waals surface area (Å²) in [5.74, 6) is 1.77. The summed E-state index contributed by atoms with van der Waals surface area (Å²) in [5, 5.41) is 0. The van der Waals surface area contributed by atoms with Gasteiger partial charge in [0, 0.05) is 12.6 Å². The molecule has 6 nitrogen and oxygen atoms in total. The monoisotopic (exact) mass is 246 g/mol. The Kier molecular flexibility index (Phi) is 2.57. The van der Waals surface area contributed by atoms with Crippen LogP contribution in [0.25, 0.3) is 11.2 Å². The summed E-state index contributed by atoms with van der Waals surface area (Å²) in [4.78, 5) is 18.2. The van der Waals surface area contributed by atoms with Crippen LogP contribution in [0.15, 0.2) is 6.33 Å². The summed E-state index contributed by atoms with van der Waals surface area (Å²) in [6.07, 6.45) is 4.10. The second kappa shape index (κ2) is 4.12. The number of hydrogen-bond acceptors (Lipinski definition) is 5. The number of hydrogen-bond donors (Lipinski definition) is 2. The minimum atomic E-state index is 0.291. The van der Waals surface area contributed by atoms with Gasteiger partial charge in [-0.05, 0) is 18.8 Å². The number of H-pyrrole nitrogens is 1. The zero-order chi connectivity index (χ0) is 12.7. The zero-order valence-corrected chi connectivity index (χ0v) is 10.7. The number of nitrogens with one attached hydrogen (secondary N) is 1. The number of rotatable bonds is 4. The minimum Gasteiger partial charge on any atom is -0.368 e. The van der Waals surface area contributed by atoms with Gasteiger partial charge in [-0.25, -0.2) is 4.98 Å². The molecule has 2 aromatic heterocycles. The van der Waals surface area contributed by atoms with Crippen molar-refractivity contribution in [3.8, 4) is 0 Å². The van der Waals surface area contributed by atoms with Gasteiger partial charge in [-0.3, -0.25) is 0 Å². The van der Waals surface area contributed by atoms with E-state index in [1.807, 2.05) is 0 Å². The largest absolute Gasteiger partial charge is 0.368 e. The molecule has 0 aromatic carbocycles. The number of aromatic nitrogens is 4. The van der Waals surface area contributed by atoms with E-state index < -0.39 is 0 Å². The molecule has 0 spiro atoms. The average Bonchev–Trinajstić information content (AvgIpc) is 3.04. The number of aromatic amines is 1. The van der Waals surface area contributed by atoms with Crippen molar-refractivity contribution < 1.29 is 0 Å². The zero-order valence-electron chi connectivity index (χ0n) is 10.7. The Morgan fingerprint density at radius 2 is 2.22 bits per heavy atom. The third-order valence-corrected chi connectivity index (χ3v) is 3.11. The molecule has 0 saturated heterocycles. The number of anilines is 2. The molecule has 0 aliphatic heterocycles. The van der Waals surface area contributed by atoms with E-state index in [1.165, 1.54) is 12.8 Å². The SMILES string of the molecule is CC(C)CN(c1nc(N)nc2nc[nH]c12)C1CC1. The third kappa shape index (κ3) is 1.98. The van der Waals surface area contributed by atoms with Gasteiger partial charge in [0.2, 0.25) is 5.95 Å². The molecule has 96 valence electrons. The summed E-state index contributed by atoms with van der Waals surface area (Å²) in [6, 6.07) is 0.591. The van der Waals surface area contributed by atoms with Gasteiger partial charge in [-0.2, -0.15) is 9.97 Å². The Morgan fingerprint density at radius 3 is 2.89 bits per heavy atom. The maximum Gasteiger partial charge on any atom is 0.224 e. The molecule has 2 aromatic rings. The molecular formula is C12H18N6. The second-order valence-electron chi connectivity index (χ2n) is 5.28. The number of fused-ring (bicyclic) bond motifs is 1. The van der Waals surface area contributed by atoms with E-state index >= 15 is 0 Å². The molecule has 0 bridgehead atoms. The fourth-order valence-corrected chi connectivity index (χ4v) is 2.23. The third-order valence-electron chi connectivity index (χ3n) is 3.11. The van der Waals surface area contributed by atoms with Gasteiger partial charge in [-0.15, -0.1) is 0 Å². The van der Waals surface area contributed by atoms with Crippen LogP contribution in [0.4, 0.5) is 11.8 Å². The summed E-state index contributed by atoms with van der Waals surface area (Å²) in [5.41, 5.74) is 7.30. The van der Waals surface area contributed by atoms with E-state index in [0.717, 1.165) is 17.9 Å². The molecule has 1 saturated carbocycles. The van der Waals surface area contributed by atoms with Crippen LogP contribution in [0.3, 0.4) is 0 Å². The lowest BCUT2D eigenvalue weighted by molar-refractivity contribution is 0.604. The highest BCUT2D eigenvalue weighted by molar-refractivity contribution is 5.84. The Balaban J connectivity index is 2.07. The van der Waals surface area contributed by atoms with E-state index in [2.05, 4.69) is 38.7 Å². The van der Waals surface area contributed by atoms with Gasteiger partial charge in [0.1, 0.15) is 5.52 Å². The van der Waals surface area contributed by atoms with Crippen LogP contribution >= 0.6 is 0 Å². The van der Waals surface area contributed by atoms with Gasteiger partial charge in [0.05, 0.1) is 6.33 Å². The van der Waals surface area contributed by atoms with Crippen LogP contribution in [0.1, 0.15) is 26.7 Å². The first-order valence-corrected chi connectivity index (χ1v) is 6.38. The number of nitrogens with zero attached hydrogens (tertiary/aromatic N) is 4. The van der Waals surface area contributed by atoms with Crippen molar-refractivity contribution in [1.82, 2.24) is 19.9 Å².